The van der Waals surface area contributed by atoms with E-state index in [2.05, 4.69) is 10.3 Å². The summed E-state index contributed by atoms with van der Waals surface area (Å²) in [4.78, 5) is 16.1. The van der Waals surface area contributed by atoms with E-state index < -0.39 is 0 Å². The summed E-state index contributed by atoms with van der Waals surface area (Å²) in [6.07, 6.45) is 2.13. The summed E-state index contributed by atoms with van der Waals surface area (Å²) < 4.78 is 5.39. The highest BCUT2D eigenvalue weighted by Crippen LogP contribution is 2.20. The van der Waals surface area contributed by atoms with Gasteiger partial charge in [0.1, 0.15) is 11.9 Å². The van der Waals surface area contributed by atoms with Gasteiger partial charge in [0.15, 0.2) is 0 Å². The lowest BCUT2D eigenvalue weighted by atomic mass is 10.0. The molecular formula is C11H18N2O2. The van der Waals surface area contributed by atoms with E-state index >= 15 is 0 Å². The summed E-state index contributed by atoms with van der Waals surface area (Å²) in [5, 5.41) is 2.89. The van der Waals surface area contributed by atoms with Crippen molar-refractivity contribution in [3.05, 3.63) is 0 Å². The first kappa shape index (κ1) is 10.6. The van der Waals surface area contributed by atoms with Gasteiger partial charge in [-0.25, -0.2) is 0 Å². The minimum absolute atomic E-state index is 0.0468. The summed E-state index contributed by atoms with van der Waals surface area (Å²) in [6, 6.07) is -0.193. The van der Waals surface area contributed by atoms with Gasteiger partial charge in [0, 0.05) is 12.5 Å². The van der Waals surface area contributed by atoms with Crippen molar-refractivity contribution in [1.82, 2.24) is 5.32 Å². The SMILES string of the molecule is CC(C)C1N=C(C2CCCOC2)NC1=O. The molecule has 0 bridgehead atoms. The highest BCUT2D eigenvalue weighted by Gasteiger charge is 2.32. The van der Waals surface area contributed by atoms with Gasteiger partial charge in [-0.2, -0.15) is 0 Å². The molecule has 0 aliphatic carbocycles. The van der Waals surface area contributed by atoms with Crippen molar-refractivity contribution in [2.75, 3.05) is 13.2 Å². The molecule has 0 aromatic rings. The van der Waals surface area contributed by atoms with Gasteiger partial charge in [0.2, 0.25) is 5.91 Å². The first-order valence-corrected chi connectivity index (χ1v) is 5.65. The Bertz CT molecular complexity index is 280. The lowest BCUT2D eigenvalue weighted by molar-refractivity contribution is -0.120. The number of hydrogen-bond acceptors (Lipinski definition) is 3. The van der Waals surface area contributed by atoms with E-state index in [1.165, 1.54) is 0 Å². The van der Waals surface area contributed by atoms with Crippen LogP contribution in [0.4, 0.5) is 0 Å². The molecule has 2 heterocycles. The molecule has 1 saturated heterocycles. The normalized spacial score (nSPS) is 31.7. The number of amidine groups is 1. The van der Waals surface area contributed by atoms with Crippen LogP contribution in [0.2, 0.25) is 0 Å². The molecule has 0 aromatic heterocycles. The highest BCUT2D eigenvalue weighted by atomic mass is 16.5. The van der Waals surface area contributed by atoms with Crippen LogP contribution in [-0.4, -0.2) is 31.0 Å². The van der Waals surface area contributed by atoms with Crippen molar-refractivity contribution in [1.29, 1.82) is 0 Å². The van der Waals surface area contributed by atoms with Crippen LogP contribution in [0.3, 0.4) is 0 Å². The van der Waals surface area contributed by atoms with E-state index in [9.17, 15) is 4.79 Å². The van der Waals surface area contributed by atoms with Gasteiger partial charge >= 0.3 is 0 Å². The predicted molar refractivity (Wildman–Crippen MR) is 57.7 cm³/mol. The average Bonchev–Trinajstić information content (AvgIpc) is 2.62. The summed E-state index contributed by atoms with van der Waals surface area (Å²) in [5.41, 5.74) is 0. The van der Waals surface area contributed by atoms with Gasteiger partial charge in [0.25, 0.3) is 0 Å². The Morgan fingerprint density at radius 2 is 2.33 bits per heavy atom. The quantitative estimate of drug-likeness (QED) is 0.738. The Hall–Kier alpha value is -0.900. The molecule has 2 aliphatic heterocycles. The van der Waals surface area contributed by atoms with Crippen molar-refractivity contribution in [3.8, 4) is 0 Å². The molecule has 1 N–H and O–H groups in total. The second kappa shape index (κ2) is 4.31. The maximum atomic E-state index is 11.6. The number of amides is 1. The first-order valence-electron chi connectivity index (χ1n) is 5.65. The summed E-state index contributed by atoms with van der Waals surface area (Å²) in [6.45, 7) is 5.58. The van der Waals surface area contributed by atoms with Gasteiger partial charge in [-0.15, -0.1) is 0 Å². The molecule has 0 radical (unpaired) electrons. The third-order valence-electron chi connectivity index (χ3n) is 2.98. The first-order chi connectivity index (χ1) is 7.18. The van der Waals surface area contributed by atoms with Gasteiger partial charge < -0.3 is 10.1 Å². The third kappa shape index (κ3) is 2.20. The van der Waals surface area contributed by atoms with Gasteiger partial charge in [-0.05, 0) is 18.8 Å². The summed E-state index contributed by atoms with van der Waals surface area (Å²) in [7, 11) is 0. The second-order valence-electron chi connectivity index (χ2n) is 4.61. The van der Waals surface area contributed by atoms with E-state index in [0.717, 1.165) is 25.3 Å². The monoisotopic (exact) mass is 210 g/mol. The fraction of sp³-hybridized carbons (Fsp3) is 0.818. The van der Waals surface area contributed by atoms with Gasteiger partial charge in [0.05, 0.1) is 6.61 Å². The average molecular weight is 210 g/mol. The van der Waals surface area contributed by atoms with Gasteiger partial charge in [-0.3, -0.25) is 9.79 Å². The zero-order valence-corrected chi connectivity index (χ0v) is 9.32. The van der Waals surface area contributed by atoms with Crippen molar-refractivity contribution < 1.29 is 9.53 Å². The number of nitrogens with one attached hydrogen (secondary N) is 1. The smallest absolute Gasteiger partial charge is 0.250 e. The van der Waals surface area contributed by atoms with Crippen LogP contribution in [-0.2, 0) is 9.53 Å². The fourth-order valence-corrected chi connectivity index (χ4v) is 2.06. The molecule has 1 fully saturated rings. The van der Waals surface area contributed by atoms with Crippen LogP contribution in [0.15, 0.2) is 4.99 Å². The summed E-state index contributed by atoms with van der Waals surface area (Å²) in [5.74, 6) is 1.46. The molecule has 2 aliphatic rings. The Kier molecular flexibility index (Phi) is 3.05. The van der Waals surface area contributed by atoms with Crippen LogP contribution in [0.5, 0.6) is 0 Å². The second-order valence-corrected chi connectivity index (χ2v) is 4.61. The largest absolute Gasteiger partial charge is 0.381 e. The van der Waals surface area contributed by atoms with E-state index in [-0.39, 0.29) is 17.9 Å². The minimum atomic E-state index is -0.193. The van der Waals surface area contributed by atoms with Gasteiger partial charge in [-0.1, -0.05) is 13.8 Å². The lowest BCUT2D eigenvalue weighted by Crippen LogP contribution is -2.36. The van der Waals surface area contributed by atoms with Crippen LogP contribution in [0.25, 0.3) is 0 Å². The topological polar surface area (TPSA) is 50.7 Å². The third-order valence-corrected chi connectivity index (χ3v) is 2.98. The van der Waals surface area contributed by atoms with Crippen LogP contribution in [0, 0.1) is 11.8 Å². The van der Waals surface area contributed by atoms with Crippen LogP contribution in [0.1, 0.15) is 26.7 Å². The zero-order chi connectivity index (χ0) is 10.8. The number of carbonyl (C=O) groups excluding carboxylic acids is 1. The molecule has 15 heavy (non-hydrogen) atoms. The molecule has 84 valence electrons. The number of nitrogens with zero attached hydrogens (tertiary/aromatic N) is 1. The van der Waals surface area contributed by atoms with Crippen molar-refractivity contribution in [2.24, 2.45) is 16.8 Å². The molecule has 0 aromatic carbocycles. The number of rotatable bonds is 2. The number of carbonyl (C=O) groups is 1. The highest BCUT2D eigenvalue weighted by molar-refractivity contribution is 6.06. The van der Waals surface area contributed by atoms with Crippen molar-refractivity contribution in [2.45, 2.75) is 32.7 Å². The van der Waals surface area contributed by atoms with E-state index in [1.807, 2.05) is 13.8 Å². The maximum Gasteiger partial charge on any atom is 0.250 e. The Balaban J connectivity index is 2.04. The maximum absolute atomic E-state index is 11.6. The van der Waals surface area contributed by atoms with Crippen LogP contribution < -0.4 is 5.32 Å². The summed E-state index contributed by atoms with van der Waals surface area (Å²) >= 11 is 0. The molecule has 0 spiro atoms. The fourth-order valence-electron chi connectivity index (χ4n) is 2.06. The lowest BCUT2D eigenvalue weighted by Gasteiger charge is -2.21. The van der Waals surface area contributed by atoms with E-state index in [0.29, 0.717) is 12.5 Å². The molecule has 4 nitrogen and oxygen atoms in total. The van der Waals surface area contributed by atoms with E-state index in [4.69, 9.17) is 4.74 Å². The predicted octanol–water partition coefficient (Wildman–Crippen LogP) is 0.966. The number of ether oxygens (including phenoxy) is 1. The minimum Gasteiger partial charge on any atom is -0.381 e. The molecule has 0 saturated carbocycles. The molecule has 4 heteroatoms. The van der Waals surface area contributed by atoms with E-state index in [1.54, 1.807) is 0 Å². The Morgan fingerprint density at radius 1 is 1.53 bits per heavy atom. The van der Waals surface area contributed by atoms with Crippen molar-refractivity contribution >= 4 is 11.7 Å². The molecule has 2 rings (SSSR count). The molecule has 2 atom stereocenters. The number of aliphatic imine (C=N–C) groups is 1. The van der Waals surface area contributed by atoms with Crippen molar-refractivity contribution in [3.63, 3.8) is 0 Å². The Labute approximate surface area is 90.1 Å². The zero-order valence-electron chi connectivity index (χ0n) is 9.32. The standard InChI is InChI=1S/C11H18N2O2/c1-7(2)9-11(14)13-10(12-9)8-4-3-5-15-6-8/h7-9H,3-6H2,1-2H3,(H,12,13,14). The molecular weight excluding hydrogens is 192 g/mol. The molecule has 2 unspecified atom stereocenters. The number of hydrogen-bond donors (Lipinski definition) is 1. The molecule has 1 amide bonds. The van der Waals surface area contributed by atoms with Crippen LogP contribution >= 0.6 is 0 Å². The Morgan fingerprint density at radius 3 is 2.87 bits per heavy atom.